The van der Waals surface area contributed by atoms with Crippen LogP contribution in [0.5, 0.6) is 0 Å². The Labute approximate surface area is 60.1 Å². The zero-order valence-electron chi connectivity index (χ0n) is 5.79. The van der Waals surface area contributed by atoms with Gasteiger partial charge in [0.1, 0.15) is 0 Å². The van der Waals surface area contributed by atoms with Crippen LogP contribution in [-0.4, -0.2) is 30.2 Å². The molecule has 0 saturated carbocycles. The number of nitrogens with zero attached hydrogens (tertiary/aromatic N) is 2. The Bertz CT molecular complexity index is 174. The van der Waals surface area contributed by atoms with E-state index in [1.807, 2.05) is 0 Å². The average Bonchev–Trinajstić information content (AvgIpc) is 2.38. The van der Waals surface area contributed by atoms with Crippen LogP contribution < -0.4 is 0 Å². The van der Waals surface area contributed by atoms with Crippen LogP contribution in [0.2, 0.25) is 0 Å². The molecule has 0 aromatic heterocycles. The van der Waals surface area contributed by atoms with Gasteiger partial charge in [-0.25, -0.2) is 0 Å². The van der Waals surface area contributed by atoms with Gasteiger partial charge in [0.2, 0.25) is 5.91 Å². The van der Waals surface area contributed by atoms with Crippen molar-refractivity contribution in [1.82, 2.24) is 4.90 Å². The maximum atomic E-state index is 11.0. The number of rotatable bonds is 2. The van der Waals surface area contributed by atoms with Crippen molar-refractivity contribution in [3.05, 3.63) is 12.7 Å². The zero-order valence-corrected chi connectivity index (χ0v) is 5.79. The summed E-state index contributed by atoms with van der Waals surface area (Å²) in [7, 11) is 0. The lowest BCUT2D eigenvalue weighted by Crippen LogP contribution is -2.26. The van der Waals surface area contributed by atoms with Crippen molar-refractivity contribution in [3.63, 3.8) is 0 Å². The van der Waals surface area contributed by atoms with Crippen LogP contribution in [0.15, 0.2) is 17.6 Å². The fourth-order valence-corrected chi connectivity index (χ4v) is 0.809. The summed E-state index contributed by atoms with van der Waals surface area (Å²) in [5.41, 5.74) is 0. The lowest BCUT2D eigenvalue weighted by molar-refractivity contribution is -0.125. The second kappa shape index (κ2) is 3.15. The molecule has 0 N–H and O–H groups in total. The molecule has 3 nitrogen and oxygen atoms in total. The summed E-state index contributed by atoms with van der Waals surface area (Å²) < 4.78 is 0. The summed E-state index contributed by atoms with van der Waals surface area (Å²) in [6, 6.07) is 0. The molecule has 1 amide bonds. The van der Waals surface area contributed by atoms with Gasteiger partial charge in [-0.15, -0.1) is 6.58 Å². The Hall–Kier alpha value is -1.12. The highest BCUT2D eigenvalue weighted by Crippen LogP contribution is 1.96. The fraction of sp³-hybridized carbons (Fsp3) is 0.429. The van der Waals surface area contributed by atoms with Crippen molar-refractivity contribution in [3.8, 4) is 0 Å². The zero-order chi connectivity index (χ0) is 7.40. The van der Waals surface area contributed by atoms with Crippen LogP contribution in [-0.2, 0) is 4.79 Å². The van der Waals surface area contributed by atoms with Crippen LogP contribution in [0.4, 0.5) is 0 Å². The largest absolute Gasteiger partial charge is 0.301 e. The van der Waals surface area contributed by atoms with Gasteiger partial charge in [0.25, 0.3) is 0 Å². The fourth-order valence-electron chi connectivity index (χ4n) is 0.809. The molecule has 0 aromatic carbocycles. The standard InChI is InChI=1S/C7H10N2O/c1-2-3-7(10)9-5-4-8-6-9/h2,6H,1,3-5H2. The smallest absolute Gasteiger partial charge is 0.231 e. The van der Waals surface area contributed by atoms with E-state index in [0.29, 0.717) is 6.42 Å². The second-order valence-corrected chi connectivity index (χ2v) is 2.10. The Balaban J connectivity index is 2.40. The average molecular weight is 138 g/mol. The quantitative estimate of drug-likeness (QED) is 0.509. The maximum Gasteiger partial charge on any atom is 0.231 e. The predicted molar refractivity (Wildman–Crippen MR) is 39.9 cm³/mol. The topological polar surface area (TPSA) is 32.7 Å². The van der Waals surface area contributed by atoms with Crippen LogP contribution in [0.3, 0.4) is 0 Å². The lowest BCUT2D eigenvalue weighted by Gasteiger charge is -2.08. The van der Waals surface area contributed by atoms with E-state index in [1.54, 1.807) is 17.3 Å². The summed E-state index contributed by atoms with van der Waals surface area (Å²) in [6.45, 7) is 4.95. The van der Waals surface area contributed by atoms with Crippen LogP contribution in [0.1, 0.15) is 6.42 Å². The first kappa shape index (κ1) is 6.99. The molecule has 0 bridgehead atoms. The first-order chi connectivity index (χ1) is 4.84. The van der Waals surface area contributed by atoms with E-state index in [0.717, 1.165) is 13.1 Å². The second-order valence-electron chi connectivity index (χ2n) is 2.10. The molecule has 0 saturated heterocycles. The monoisotopic (exact) mass is 138 g/mol. The van der Waals surface area contributed by atoms with Crippen molar-refractivity contribution in [1.29, 1.82) is 0 Å². The minimum atomic E-state index is 0.0799. The van der Waals surface area contributed by atoms with Gasteiger partial charge >= 0.3 is 0 Å². The van der Waals surface area contributed by atoms with Crippen molar-refractivity contribution < 1.29 is 4.79 Å². The molecule has 0 spiro atoms. The SMILES string of the molecule is C=CCC(=O)N1C=NCC1. The number of carbonyl (C=O) groups is 1. The van der Waals surface area contributed by atoms with Gasteiger partial charge in [0, 0.05) is 13.0 Å². The molecule has 0 aliphatic carbocycles. The van der Waals surface area contributed by atoms with Gasteiger partial charge in [-0.1, -0.05) is 6.08 Å². The first-order valence-electron chi connectivity index (χ1n) is 3.25. The predicted octanol–water partition coefficient (Wildman–Crippen LogP) is 0.433. The third-order valence-corrected chi connectivity index (χ3v) is 1.33. The summed E-state index contributed by atoms with van der Waals surface area (Å²) in [5.74, 6) is 0.0799. The van der Waals surface area contributed by atoms with E-state index < -0.39 is 0 Å². The van der Waals surface area contributed by atoms with Crippen LogP contribution in [0.25, 0.3) is 0 Å². The third-order valence-electron chi connectivity index (χ3n) is 1.33. The number of aliphatic imine (C=N–C) groups is 1. The van der Waals surface area contributed by atoms with Crippen molar-refractivity contribution >= 4 is 12.2 Å². The molecule has 0 aromatic rings. The molecule has 0 fully saturated rings. The van der Waals surface area contributed by atoms with Gasteiger partial charge in [-0.05, 0) is 0 Å². The van der Waals surface area contributed by atoms with Gasteiger partial charge in [-0.3, -0.25) is 9.79 Å². The normalized spacial score (nSPS) is 15.8. The Morgan fingerprint density at radius 1 is 1.90 bits per heavy atom. The minimum Gasteiger partial charge on any atom is -0.301 e. The van der Waals surface area contributed by atoms with E-state index in [9.17, 15) is 4.79 Å². The molecular weight excluding hydrogens is 128 g/mol. The highest BCUT2D eigenvalue weighted by Gasteiger charge is 2.11. The van der Waals surface area contributed by atoms with E-state index in [1.165, 1.54) is 0 Å². The van der Waals surface area contributed by atoms with Crippen LogP contribution >= 0.6 is 0 Å². The molecule has 1 rings (SSSR count). The summed E-state index contributed by atoms with van der Waals surface area (Å²) >= 11 is 0. The molecule has 0 atom stereocenters. The van der Waals surface area contributed by atoms with E-state index in [-0.39, 0.29) is 5.91 Å². The van der Waals surface area contributed by atoms with E-state index in [4.69, 9.17) is 0 Å². The summed E-state index contributed by atoms with van der Waals surface area (Å²) in [4.78, 5) is 16.5. The first-order valence-corrected chi connectivity index (χ1v) is 3.25. The highest BCUT2D eigenvalue weighted by atomic mass is 16.2. The number of hydrogen-bond donors (Lipinski definition) is 0. The summed E-state index contributed by atoms with van der Waals surface area (Å²) in [6.07, 6.45) is 3.60. The van der Waals surface area contributed by atoms with Crippen molar-refractivity contribution in [2.45, 2.75) is 6.42 Å². The van der Waals surface area contributed by atoms with Gasteiger partial charge in [-0.2, -0.15) is 0 Å². The number of hydrogen-bond acceptors (Lipinski definition) is 2. The minimum absolute atomic E-state index is 0.0799. The van der Waals surface area contributed by atoms with Crippen molar-refractivity contribution in [2.24, 2.45) is 4.99 Å². The number of amides is 1. The molecule has 1 aliphatic rings. The van der Waals surface area contributed by atoms with Crippen LogP contribution in [0, 0.1) is 0 Å². The molecule has 1 aliphatic heterocycles. The number of carbonyl (C=O) groups excluding carboxylic acids is 1. The summed E-state index contributed by atoms with van der Waals surface area (Å²) in [5, 5.41) is 0. The van der Waals surface area contributed by atoms with Gasteiger partial charge in [0.15, 0.2) is 0 Å². The van der Waals surface area contributed by atoms with Gasteiger partial charge < -0.3 is 4.90 Å². The Kier molecular flexibility index (Phi) is 2.20. The van der Waals surface area contributed by atoms with Crippen molar-refractivity contribution in [2.75, 3.05) is 13.1 Å². The molecular formula is C7H10N2O. The lowest BCUT2D eigenvalue weighted by atomic mass is 10.4. The third kappa shape index (κ3) is 1.43. The Morgan fingerprint density at radius 2 is 2.70 bits per heavy atom. The van der Waals surface area contributed by atoms with E-state index in [2.05, 4.69) is 11.6 Å². The van der Waals surface area contributed by atoms with E-state index >= 15 is 0 Å². The molecule has 0 radical (unpaired) electrons. The molecule has 3 heteroatoms. The molecule has 10 heavy (non-hydrogen) atoms. The molecule has 1 heterocycles. The highest BCUT2D eigenvalue weighted by molar-refractivity contribution is 5.89. The molecule has 54 valence electrons. The Morgan fingerprint density at radius 3 is 3.20 bits per heavy atom. The maximum absolute atomic E-state index is 11.0. The van der Waals surface area contributed by atoms with Gasteiger partial charge in [0.05, 0.1) is 12.9 Å². The molecule has 0 unspecified atom stereocenters.